The molecule has 16 heavy (non-hydrogen) atoms. The summed E-state index contributed by atoms with van der Waals surface area (Å²) in [6.07, 6.45) is 6.14. The third kappa shape index (κ3) is 3.25. The summed E-state index contributed by atoms with van der Waals surface area (Å²) in [4.78, 5) is 7.54. The average Bonchev–Trinajstić information content (AvgIpc) is 3.06. The predicted octanol–water partition coefficient (Wildman–Crippen LogP) is 1.57. The Balaban J connectivity index is 0.000000183. The number of hydrogen-bond donors (Lipinski definition) is 1. The van der Waals surface area contributed by atoms with Crippen LogP contribution in [-0.4, -0.2) is 22.9 Å². The molecule has 8 nitrogen and oxygen atoms in total. The number of nitrogens with zero attached hydrogens (tertiary/aromatic N) is 7. The summed E-state index contributed by atoms with van der Waals surface area (Å²) in [5, 5.41) is 20.5. The molecule has 2 aliphatic rings. The smallest absolute Gasteiger partial charge is 0.223 e. The number of aromatic amines is 1. The molecule has 3 heterocycles. The van der Waals surface area contributed by atoms with Crippen LogP contribution in [0.5, 0.6) is 0 Å². The molecule has 1 aromatic heterocycles. The van der Waals surface area contributed by atoms with E-state index < -0.39 is 0 Å². The van der Waals surface area contributed by atoms with Crippen LogP contribution in [0.1, 0.15) is 0 Å². The maximum Gasteiger partial charge on any atom is 0.223 e. The van der Waals surface area contributed by atoms with Crippen LogP contribution in [0.2, 0.25) is 0 Å². The van der Waals surface area contributed by atoms with E-state index in [4.69, 9.17) is 0 Å². The Labute approximate surface area is 94.0 Å². The summed E-state index contributed by atoms with van der Waals surface area (Å²) in [5.41, 5.74) is 0. The summed E-state index contributed by atoms with van der Waals surface area (Å²) in [6.45, 7) is 0. The number of rotatable bonds is 0. The van der Waals surface area contributed by atoms with Gasteiger partial charge in [0.15, 0.2) is 0 Å². The van der Waals surface area contributed by atoms with Gasteiger partial charge in [0.1, 0.15) is 12.7 Å². The van der Waals surface area contributed by atoms with Gasteiger partial charge in [-0.2, -0.15) is 15.0 Å². The molecule has 0 aliphatic carbocycles. The van der Waals surface area contributed by atoms with Crippen molar-refractivity contribution in [1.29, 1.82) is 0 Å². The van der Waals surface area contributed by atoms with Crippen molar-refractivity contribution in [3.8, 4) is 0 Å². The van der Waals surface area contributed by atoms with Gasteiger partial charge in [0, 0.05) is 12.4 Å². The maximum absolute atomic E-state index is 3.77. The van der Waals surface area contributed by atoms with E-state index >= 15 is 0 Å². The molecule has 0 aromatic carbocycles. The van der Waals surface area contributed by atoms with Gasteiger partial charge in [0.2, 0.25) is 11.6 Å². The van der Waals surface area contributed by atoms with Crippen molar-refractivity contribution in [2.45, 2.75) is 0 Å². The molecule has 0 fully saturated rings. The minimum Gasteiger partial charge on any atom is -0.286 e. The van der Waals surface area contributed by atoms with E-state index in [-0.39, 0.29) is 9.90 Å². The highest BCUT2D eigenvalue weighted by Crippen LogP contribution is 2.16. The predicted molar refractivity (Wildman–Crippen MR) is 63.4 cm³/mol. The van der Waals surface area contributed by atoms with Crippen molar-refractivity contribution in [2.75, 3.05) is 0 Å². The molecular formula is C7H9N8P. The monoisotopic (exact) mass is 236 g/mol. The van der Waals surface area contributed by atoms with E-state index in [1.54, 1.807) is 12.4 Å². The second kappa shape index (κ2) is 6.41. The molecule has 1 aromatic rings. The van der Waals surface area contributed by atoms with Crippen molar-refractivity contribution >= 4 is 22.6 Å². The van der Waals surface area contributed by atoms with Gasteiger partial charge in [-0.05, 0) is 6.07 Å². The topological polar surface area (TPSA) is 103 Å². The third-order valence-electron chi connectivity index (χ3n) is 1.37. The standard InChI is InChI=1S/C4H2N6.C3H4N2.H3P/c1-5-3(9-7-1)4-6-2-8-10-4;1-2-4-5-3-1;/h1-2H;1-3H,(H,4,5);1H3. The van der Waals surface area contributed by atoms with Crippen LogP contribution in [0.4, 0.5) is 0 Å². The summed E-state index contributed by atoms with van der Waals surface area (Å²) in [5.74, 6) is 0.829. The first-order valence-electron chi connectivity index (χ1n) is 4.01. The van der Waals surface area contributed by atoms with E-state index in [2.05, 4.69) is 40.6 Å². The minimum absolute atomic E-state index is 0. The van der Waals surface area contributed by atoms with Crippen molar-refractivity contribution < 1.29 is 0 Å². The first-order chi connectivity index (χ1) is 7.47. The van der Waals surface area contributed by atoms with Crippen molar-refractivity contribution in [3.63, 3.8) is 0 Å². The summed E-state index contributed by atoms with van der Waals surface area (Å²) < 4.78 is 0. The normalized spacial score (nSPS) is 19.5. The number of H-pyrrole nitrogens is 1. The molecule has 0 saturated heterocycles. The fraction of sp³-hybridized carbons (Fsp3) is 0. The van der Waals surface area contributed by atoms with Crippen LogP contribution >= 0.6 is 9.90 Å². The first-order valence-corrected chi connectivity index (χ1v) is 4.01. The molecule has 0 saturated carbocycles. The largest absolute Gasteiger partial charge is 0.286 e. The number of hydrogen-bond acceptors (Lipinski definition) is 7. The fourth-order valence-corrected chi connectivity index (χ4v) is 0.794. The molecule has 0 spiro atoms. The van der Waals surface area contributed by atoms with Crippen LogP contribution in [0.15, 0.2) is 60.5 Å². The zero-order valence-corrected chi connectivity index (χ0v) is 9.64. The Bertz CT molecular complexity index is 380. The van der Waals surface area contributed by atoms with Crippen LogP contribution < -0.4 is 0 Å². The molecule has 1 unspecified atom stereocenters. The Morgan fingerprint density at radius 2 is 1.56 bits per heavy atom. The molecule has 9 heteroatoms. The van der Waals surface area contributed by atoms with Crippen molar-refractivity contribution in [2.24, 2.45) is 30.4 Å². The zero-order valence-electron chi connectivity index (χ0n) is 8.22. The first kappa shape index (κ1) is 12.0. The average molecular weight is 236 g/mol. The summed E-state index contributed by atoms with van der Waals surface area (Å²) >= 11 is 0. The lowest BCUT2D eigenvalue weighted by molar-refractivity contribution is 1.07. The summed E-state index contributed by atoms with van der Waals surface area (Å²) in [6, 6.07) is 1.83. The number of azo groups is 2. The SMILES string of the molecule is C1=NC(=C2N=CN=N2)N=N1.P.c1cn[nH]c1. The molecule has 0 amide bonds. The lowest BCUT2D eigenvalue weighted by Crippen LogP contribution is -1.72. The van der Waals surface area contributed by atoms with Gasteiger partial charge in [0.05, 0.1) is 0 Å². The quantitative estimate of drug-likeness (QED) is 0.678. The number of aliphatic imine (C=N–C) groups is 2. The highest BCUT2D eigenvalue weighted by atomic mass is 31.0. The molecule has 3 rings (SSSR count). The minimum atomic E-state index is 0. The Hall–Kier alpha value is -2.08. The van der Waals surface area contributed by atoms with Crippen molar-refractivity contribution in [1.82, 2.24) is 10.2 Å². The molecule has 82 valence electrons. The van der Waals surface area contributed by atoms with E-state index in [0.29, 0.717) is 11.6 Å². The third-order valence-corrected chi connectivity index (χ3v) is 1.37. The highest BCUT2D eigenvalue weighted by Gasteiger charge is 2.07. The van der Waals surface area contributed by atoms with Gasteiger partial charge in [-0.3, -0.25) is 5.10 Å². The Kier molecular flexibility index (Phi) is 4.81. The lowest BCUT2D eigenvalue weighted by atomic mass is 10.7. The van der Waals surface area contributed by atoms with Gasteiger partial charge >= 0.3 is 0 Å². The fourth-order valence-electron chi connectivity index (χ4n) is 0.794. The second-order valence-corrected chi connectivity index (χ2v) is 2.33. The summed E-state index contributed by atoms with van der Waals surface area (Å²) in [7, 11) is 0. The van der Waals surface area contributed by atoms with Gasteiger partial charge in [0.25, 0.3) is 0 Å². The highest BCUT2D eigenvalue weighted by molar-refractivity contribution is 6.92. The lowest BCUT2D eigenvalue weighted by Gasteiger charge is -1.83. The number of nitrogens with one attached hydrogen (secondary N) is 1. The van der Waals surface area contributed by atoms with Crippen LogP contribution in [0.25, 0.3) is 0 Å². The molecule has 1 N–H and O–H groups in total. The number of aromatic nitrogens is 2. The van der Waals surface area contributed by atoms with Gasteiger partial charge in [-0.25, -0.2) is 9.98 Å². The van der Waals surface area contributed by atoms with E-state index in [1.807, 2.05) is 6.07 Å². The molecule has 0 radical (unpaired) electrons. The molecule has 2 aliphatic heterocycles. The van der Waals surface area contributed by atoms with Crippen molar-refractivity contribution in [3.05, 3.63) is 30.1 Å². The Morgan fingerprint density at radius 3 is 1.81 bits per heavy atom. The molecular weight excluding hydrogens is 227 g/mol. The second-order valence-electron chi connectivity index (χ2n) is 2.33. The van der Waals surface area contributed by atoms with Crippen LogP contribution in [-0.2, 0) is 0 Å². The van der Waals surface area contributed by atoms with Crippen LogP contribution in [0.3, 0.4) is 0 Å². The van der Waals surface area contributed by atoms with Gasteiger partial charge < -0.3 is 0 Å². The van der Waals surface area contributed by atoms with E-state index in [1.165, 1.54) is 12.7 Å². The van der Waals surface area contributed by atoms with E-state index in [0.717, 1.165) is 0 Å². The van der Waals surface area contributed by atoms with Gasteiger partial charge in [-0.1, -0.05) is 0 Å². The van der Waals surface area contributed by atoms with Gasteiger partial charge in [-0.15, -0.1) is 20.5 Å². The maximum atomic E-state index is 3.77. The zero-order chi connectivity index (χ0) is 10.3. The molecule has 1 atom stereocenters. The van der Waals surface area contributed by atoms with E-state index in [9.17, 15) is 0 Å². The van der Waals surface area contributed by atoms with Crippen LogP contribution in [0, 0.1) is 0 Å². The Morgan fingerprint density at radius 1 is 0.938 bits per heavy atom. The molecule has 0 bridgehead atoms.